The Morgan fingerprint density at radius 2 is 1.75 bits per heavy atom. The third kappa shape index (κ3) is 3.23. The van der Waals surface area contributed by atoms with Crippen LogP contribution >= 0.6 is 0 Å². The summed E-state index contributed by atoms with van der Waals surface area (Å²) in [5.74, 6) is -0.336. The number of hydrogen-bond acceptors (Lipinski definition) is 8. The van der Waals surface area contributed by atoms with Crippen molar-refractivity contribution >= 4 is 33.4 Å². The van der Waals surface area contributed by atoms with E-state index in [1.807, 2.05) is 0 Å². The van der Waals surface area contributed by atoms with Gasteiger partial charge in [-0.1, -0.05) is 0 Å². The topological polar surface area (TPSA) is 122 Å². The third-order valence-corrected chi connectivity index (χ3v) is 4.81. The number of hydrogen-bond donors (Lipinski definition) is 1. The Hall–Kier alpha value is -3.25. The highest BCUT2D eigenvalue weighted by atomic mass is 32.2. The molecule has 0 unspecified atom stereocenters. The Balaban J connectivity index is 2.67. The highest BCUT2D eigenvalue weighted by Crippen LogP contribution is 2.35. The van der Waals surface area contributed by atoms with Gasteiger partial charge in [0.15, 0.2) is 0 Å². The first-order valence-corrected chi connectivity index (χ1v) is 7.84. The van der Waals surface area contributed by atoms with Gasteiger partial charge in [0.05, 0.1) is 17.7 Å². The summed E-state index contributed by atoms with van der Waals surface area (Å²) in [5, 5.41) is 9.84. The summed E-state index contributed by atoms with van der Waals surface area (Å²) >= 11 is 0. The van der Waals surface area contributed by atoms with Crippen LogP contribution in [-0.2, 0) is 19.4 Å². The number of rotatable bonds is 5. The summed E-state index contributed by atoms with van der Waals surface area (Å²) in [6.45, 7) is 0. The Labute approximate surface area is 136 Å². The Kier molecular flexibility index (Phi) is 4.91. The van der Waals surface area contributed by atoms with Gasteiger partial charge >= 0.3 is 0 Å². The molecule has 0 bridgehead atoms. The molecule has 1 N–H and O–H groups in total. The van der Waals surface area contributed by atoms with Gasteiger partial charge in [-0.05, 0) is 36.4 Å². The maximum Gasteiger partial charge on any atom is 0.240 e. The number of phenolic OH excluding ortho intramolecular Hbond substituents is 1. The molecule has 0 aliphatic heterocycles. The maximum atomic E-state index is 12.7. The number of nitrogens with zero attached hydrogens (tertiary/aromatic N) is 2. The summed E-state index contributed by atoms with van der Waals surface area (Å²) in [5.41, 5.74) is -0.0174. The van der Waals surface area contributed by atoms with E-state index in [9.17, 15) is 23.1 Å². The lowest BCUT2D eigenvalue weighted by molar-refractivity contribution is 0.415. The molecule has 122 valence electrons. The summed E-state index contributed by atoms with van der Waals surface area (Å²) in [6, 6.07) is 7.03. The quantitative estimate of drug-likeness (QED) is 0.654. The van der Waals surface area contributed by atoms with E-state index in [1.54, 1.807) is 0 Å². The number of aliphatic imine (C=N–C) groups is 2. The molecule has 0 saturated heterocycles. The molecule has 0 amide bonds. The molecule has 0 heterocycles. The molecule has 24 heavy (non-hydrogen) atoms. The average molecular weight is 346 g/mol. The molecule has 0 radical (unpaired) electrons. The van der Waals surface area contributed by atoms with Gasteiger partial charge in [0.25, 0.3) is 0 Å². The van der Waals surface area contributed by atoms with Crippen molar-refractivity contribution in [1.82, 2.24) is 0 Å². The van der Waals surface area contributed by atoms with Crippen LogP contribution in [-0.4, -0.2) is 32.8 Å². The minimum absolute atomic E-state index is 0.0148. The predicted molar refractivity (Wildman–Crippen MR) is 82.1 cm³/mol. The van der Waals surface area contributed by atoms with Crippen molar-refractivity contribution in [1.29, 1.82) is 0 Å². The Bertz CT molecular complexity index is 987. The zero-order valence-electron chi connectivity index (χ0n) is 12.3. The van der Waals surface area contributed by atoms with Gasteiger partial charge in [-0.15, -0.1) is 0 Å². The number of isocyanates is 2. The lowest BCUT2D eigenvalue weighted by Crippen LogP contribution is -2.02. The summed E-state index contributed by atoms with van der Waals surface area (Å²) in [6.07, 6.45) is 2.59. The van der Waals surface area contributed by atoms with Crippen LogP contribution in [0.1, 0.15) is 0 Å². The van der Waals surface area contributed by atoms with E-state index in [2.05, 4.69) is 9.98 Å². The van der Waals surface area contributed by atoms with Crippen molar-refractivity contribution in [3.8, 4) is 11.5 Å². The zero-order valence-corrected chi connectivity index (χ0v) is 13.1. The lowest BCUT2D eigenvalue weighted by atomic mass is 10.3. The lowest BCUT2D eigenvalue weighted by Gasteiger charge is -2.09. The van der Waals surface area contributed by atoms with Crippen molar-refractivity contribution in [2.75, 3.05) is 7.11 Å². The fourth-order valence-electron chi connectivity index (χ4n) is 1.94. The molecule has 0 aliphatic rings. The van der Waals surface area contributed by atoms with Gasteiger partial charge in [-0.25, -0.2) is 18.0 Å². The minimum atomic E-state index is -4.16. The molecule has 2 aromatic carbocycles. The van der Waals surface area contributed by atoms with Crippen LogP contribution in [0.15, 0.2) is 56.2 Å². The van der Waals surface area contributed by atoms with Gasteiger partial charge in [0.1, 0.15) is 22.1 Å². The normalized spacial score (nSPS) is 10.4. The van der Waals surface area contributed by atoms with E-state index in [0.717, 1.165) is 18.2 Å². The molecule has 0 fully saturated rings. The van der Waals surface area contributed by atoms with Crippen LogP contribution in [0, 0.1) is 0 Å². The predicted octanol–water partition coefficient (Wildman–Crippen LogP) is 2.17. The molecule has 0 saturated carbocycles. The second-order valence-corrected chi connectivity index (χ2v) is 6.31. The SMILES string of the molecule is COc1ccc(S(=O)(=O)c2cc(N=C=O)ccc2O)cc1N=C=O. The number of benzene rings is 2. The minimum Gasteiger partial charge on any atom is -0.507 e. The highest BCUT2D eigenvalue weighted by molar-refractivity contribution is 7.91. The average Bonchev–Trinajstić information content (AvgIpc) is 2.57. The summed E-state index contributed by atoms with van der Waals surface area (Å²) in [7, 11) is -2.83. The number of aromatic hydroxyl groups is 1. The summed E-state index contributed by atoms with van der Waals surface area (Å²) < 4.78 is 30.3. The first kappa shape index (κ1) is 17.1. The number of ether oxygens (including phenoxy) is 1. The van der Waals surface area contributed by atoms with E-state index in [-0.39, 0.29) is 22.0 Å². The number of carbonyl (C=O) groups excluding carboxylic acids is 2. The monoisotopic (exact) mass is 346 g/mol. The molecular formula is C15H10N2O6S. The van der Waals surface area contributed by atoms with E-state index >= 15 is 0 Å². The molecule has 0 atom stereocenters. The second kappa shape index (κ2) is 6.89. The summed E-state index contributed by atoms with van der Waals surface area (Å²) in [4.78, 5) is 26.8. The van der Waals surface area contributed by atoms with Crippen LogP contribution in [0.25, 0.3) is 0 Å². The number of sulfone groups is 1. The van der Waals surface area contributed by atoms with Crippen molar-refractivity contribution in [2.24, 2.45) is 9.98 Å². The Morgan fingerprint density at radius 3 is 2.38 bits per heavy atom. The third-order valence-electron chi connectivity index (χ3n) is 3.03. The Morgan fingerprint density at radius 1 is 1.04 bits per heavy atom. The van der Waals surface area contributed by atoms with Crippen LogP contribution < -0.4 is 4.74 Å². The highest BCUT2D eigenvalue weighted by Gasteiger charge is 2.23. The molecule has 2 rings (SSSR count). The number of methoxy groups -OCH3 is 1. The standard InChI is InChI=1S/C15H10N2O6S/c1-23-14-5-3-11(7-12(14)17-9-19)24(21,22)15-6-10(16-8-18)2-4-13(15)20/h2-7,20H,1H3. The van der Waals surface area contributed by atoms with E-state index < -0.39 is 20.5 Å². The van der Waals surface area contributed by atoms with Crippen molar-refractivity contribution in [3.05, 3.63) is 36.4 Å². The fourth-order valence-corrected chi connectivity index (χ4v) is 3.33. The van der Waals surface area contributed by atoms with Gasteiger partial charge < -0.3 is 9.84 Å². The van der Waals surface area contributed by atoms with Gasteiger partial charge in [-0.3, -0.25) is 0 Å². The largest absolute Gasteiger partial charge is 0.507 e. The van der Waals surface area contributed by atoms with Crippen molar-refractivity contribution in [2.45, 2.75) is 9.79 Å². The second-order valence-electron chi connectivity index (χ2n) is 4.40. The van der Waals surface area contributed by atoms with E-state index in [0.29, 0.717) is 0 Å². The first-order chi connectivity index (χ1) is 11.4. The van der Waals surface area contributed by atoms with Crippen LogP contribution in [0.3, 0.4) is 0 Å². The van der Waals surface area contributed by atoms with Gasteiger partial charge in [-0.2, -0.15) is 9.98 Å². The van der Waals surface area contributed by atoms with Gasteiger partial charge in [0.2, 0.25) is 22.0 Å². The molecule has 8 nitrogen and oxygen atoms in total. The molecule has 9 heteroatoms. The van der Waals surface area contributed by atoms with Crippen LogP contribution in [0.4, 0.5) is 11.4 Å². The zero-order chi connectivity index (χ0) is 17.7. The molecule has 0 aromatic heterocycles. The van der Waals surface area contributed by atoms with Crippen LogP contribution in [0.2, 0.25) is 0 Å². The number of phenols is 1. The molecule has 2 aromatic rings. The van der Waals surface area contributed by atoms with Crippen molar-refractivity contribution in [3.63, 3.8) is 0 Å². The maximum absolute atomic E-state index is 12.7. The molecule has 0 aliphatic carbocycles. The molecule has 0 spiro atoms. The van der Waals surface area contributed by atoms with Crippen LogP contribution in [0.5, 0.6) is 11.5 Å². The fraction of sp³-hybridized carbons (Fsp3) is 0.0667. The van der Waals surface area contributed by atoms with E-state index in [4.69, 9.17) is 4.74 Å². The van der Waals surface area contributed by atoms with Gasteiger partial charge in [0, 0.05) is 0 Å². The van der Waals surface area contributed by atoms with Crippen molar-refractivity contribution < 1.29 is 27.9 Å². The van der Waals surface area contributed by atoms with E-state index in [1.165, 1.54) is 37.5 Å². The smallest absolute Gasteiger partial charge is 0.240 e. The first-order valence-electron chi connectivity index (χ1n) is 6.36. The molecular weight excluding hydrogens is 336 g/mol.